The zero-order chi connectivity index (χ0) is 12.6. The van der Waals surface area contributed by atoms with Crippen molar-refractivity contribution in [3.63, 3.8) is 0 Å². The normalized spacial score (nSPS) is 10.6. The van der Waals surface area contributed by atoms with E-state index in [-0.39, 0.29) is 5.56 Å². The molecule has 0 atom stereocenters. The van der Waals surface area contributed by atoms with Crippen molar-refractivity contribution >= 4 is 34.8 Å². The summed E-state index contributed by atoms with van der Waals surface area (Å²) in [6.07, 6.45) is 1.63. The number of rotatable bonds is 1. The molecule has 2 nitrogen and oxygen atoms in total. The molecule has 1 heterocycles. The number of halogens is 3. The largest absolute Gasteiger partial charge is 0.328 e. The Morgan fingerprint density at radius 1 is 1.06 bits per heavy atom. The summed E-state index contributed by atoms with van der Waals surface area (Å²) >= 11 is 17.9. The Bertz CT molecular complexity index is 634. The second-order valence-electron chi connectivity index (χ2n) is 3.67. The first-order chi connectivity index (χ1) is 7.99. The van der Waals surface area contributed by atoms with Gasteiger partial charge in [0, 0.05) is 22.3 Å². The van der Waals surface area contributed by atoms with Crippen molar-refractivity contribution in [2.24, 2.45) is 0 Å². The molecule has 0 radical (unpaired) electrons. The van der Waals surface area contributed by atoms with Gasteiger partial charge in [-0.25, -0.2) is 0 Å². The molecule has 0 bridgehead atoms. The number of pyridine rings is 1. The molecule has 1 aromatic heterocycles. The molecule has 0 saturated carbocycles. The van der Waals surface area contributed by atoms with Gasteiger partial charge in [-0.1, -0.05) is 34.8 Å². The van der Waals surface area contributed by atoms with E-state index < -0.39 is 0 Å². The van der Waals surface area contributed by atoms with E-state index in [4.69, 9.17) is 34.8 Å². The number of hydrogen-bond acceptors (Lipinski definition) is 1. The Labute approximate surface area is 113 Å². The predicted octanol–water partition coefficient (Wildman–Crippen LogP) is 4.31. The Hall–Kier alpha value is -0.960. The first-order valence-corrected chi connectivity index (χ1v) is 5.96. The van der Waals surface area contributed by atoms with Crippen LogP contribution < -0.4 is 5.56 Å². The summed E-state index contributed by atoms with van der Waals surface area (Å²) in [4.78, 5) is 14.4. The lowest BCUT2D eigenvalue weighted by molar-refractivity contribution is 1.20. The van der Waals surface area contributed by atoms with Crippen LogP contribution in [0, 0.1) is 6.92 Å². The van der Waals surface area contributed by atoms with Gasteiger partial charge in [0.2, 0.25) is 0 Å². The molecule has 0 aliphatic heterocycles. The Morgan fingerprint density at radius 3 is 2.47 bits per heavy atom. The molecule has 0 aliphatic rings. The third-order valence-electron chi connectivity index (χ3n) is 2.33. The highest BCUT2D eigenvalue weighted by molar-refractivity contribution is 6.45. The fourth-order valence-corrected chi connectivity index (χ4v) is 2.25. The second-order valence-corrected chi connectivity index (χ2v) is 4.89. The smallest absolute Gasteiger partial charge is 0.255 e. The van der Waals surface area contributed by atoms with Crippen molar-refractivity contribution in [2.75, 3.05) is 0 Å². The first-order valence-electron chi connectivity index (χ1n) is 4.83. The summed E-state index contributed by atoms with van der Waals surface area (Å²) in [5, 5.41) is 1.09. The van der Waals surface area contributed by atoms with Gasteiger partial charge in [0.1, 0.15) is 0 Å². The molecule has 0 aliphatic carbocycles. The molecule has 1 aromatic carbocycles. The van der Waals surface area contributed by atoms with E-state index >= 15 is 0 Å². The number of nitrogens with one attached hydrogen (secondary N) is 1. The lowest BCUT2D eigenvalue weighted by Gasteiger charge is -2.07. The molecule has 2 aromatic rings. The topological polar surface area (TPSA) is 32.9 Å². The third-order valence-corrected chi connectivity index (χ3v) is 3.35. The summed E-state index contributed by atoms with van der Waals surface area (Å²) in [6.45, 7) is 1.87. The van der Waals surface area contributed by atoms with Crippen molar-refractivity contribution < 1.29 is 0 Å². The van der Waals surface area contributed by atoms with Gasteiger partial charge >= 0.3 is 0 Å². The van der Waals surface area contributed by atoms with Crippen LogP contribution in [0.4, 0.5) is 0 Å². The van der Waals surface area contributed by atoms with Crippen molar-refractivity contribution in [3.8, 4) is 11.1 Å². The van der Waals surface area contributed by atoms with E-state index in [1.54, 1.807) is 24.4 Å². The summed E-state index contributed by atoms with van der Waals surface area (Å²) in [5.41, 5.74) is 1.69. The van der Waals surface area contributed by atoms with Crippen LogP contribution in [0.1, 0.15) is 5.56 Å². The minimum atomic E-state index is -0.226. The number of aromatic amines is 1. The average molecular weight is 289 g/mol. The molecular weight excluding hydrogens is 280 g/mol. The molecule has 5 heteroatoms. The molecule has 2 rings (SSSR count). The Morgan fingerprint density at radius 2 is 1.76 bits per heavy atom. The minimum Gasteiger partial charge on any atom is -0.328 e. The van der Waals surface area contributed by atoms with Crippen LogP contribution in [-0.4, -0.2) is 4.98 Å². The monoisotopic (exact) mass is 287 g/mol. The van der Waals surface area contributed by atoms with Gasteiger partial charge in [0.05, 0.1) is 10.0 Å². The molecule has 1 N–H and O–H groups in total. The molecular formula is C12H8Cl3NO. The van der Waals surface area contributed by atoms with Crippen LogP contribution >= 0.6 is 34.8 Å². The van der Waals surface area contributed by atoms with Crippen LogP contribution in [-0.2, 0) is 0 Å². The maximum absolute atomic E-state index is 11.7. The standard InChI is InChI=1S/C12H8Cl3NO/c1-6-2-9(12(17)16-5-6)8-3-7(13)4-10(14)11(8)15/h2-5H,1H3,(H,16,17). The van der Waals surface area contributed by atoms with Crippen molar-refractivity contribution in [1.82, 2.24) is 4.98 Å². The van der Waals surface area contributed by atoms with Crippen LogP contribution in [0.5, 0.6) is 0 Å². The number of H-pyrrole nitrogens is 1. The van der Waals surface area contributed by atoms with Crippen molar-refractivity contribution in [1.29, 1.82) is 0 Å². The molecule has 0 fully saturated rings. The van der Waals surface area contributed by atoms with E-state index in [2.05, 4.69) is 4.98 Å². The average Bonchev–Trinajstić information content (AvgIpc) is 2.27. The lowest BCUT2D eigenvalue weighted by atomic mass is 10.1. The van der Waals surface area contributed by atoms with Gasteiger partial charge < -0.3 is 4.98 Å². The molecule has 0 amide bonds. The van der Waals surface area contributed by atoms with Crippen molar-refractivity contribution in [2.45, 2.75) is 6.92 Å². The van der Waals surface area contributed by atoms with Gasteiger partial charge in [-0.15, -0.1) is 0 Å². The van der Waals surface area contributed by atoms with Gasteiger partial charge in [-0.05, 0) is 30.7 Å². The Kier molecular flexibility index (Phi) is 3.48. The SMILES string of the molecule is Cc1c[nH]c(=O)c(-c2cc(Cl)cc(Cl)c2Cl)c1. The molecule has 0 spiro atoms. The van der Waals surface area contributed by atoms with Gasteiger partial charge in [-0.3, -0.25) is 4.79 Å². The summed E-state index contributed by atoms with van der Waals surface area (Å²) in [7, 11) is 0. The highest BCUT2D eigenvalue weighted by Gasteiger charge is 2.12. The van der Waals surface area contributed by atoms with E-state index in [1.807, 2.05) is 6.92 Å². The van der Waals surface area contributed by atoms with Crippen LogP contribution in [0.2, 0.25) is 15.1 Å². The molecule has 0 saturated heterocycles. The van der Waals surface area contributed by atoms with Crippen LogP contribution in [0.15, 0.2) is 29.2 Å². The number of aryl methyl sites for hydroxylation is 1. The van der Waals surface area contributed by atoms with Crippen LogP contribution in [0.3, 0.4) is 0 Å². The number of aromatic nitrogens is 1. The highest BCUT2D eigenvalue weighted by atomic mass is 35.5. The highest BCUT2D eigenvalue weighted by Crippen LogP contribution is 2.35. The van der Waals surface area contributed by atoms with E-state index in [0.717, 1.165) is 5.56 Å². The first kappa shape index (κ1) is 12.5. The molecule has 17 heavy (non-hydrogen) atoms. The van der Waals surface area contributed by atoms with Gasteiger partial charge in [0.15, 0.2) is 0 Å². The van der Waals surface area contributed by atoms with E-state index in [9.17, 15) is 4.79 Å². The molecule has 88 valence electrons. The van der Waals surface area contributed by atoms with Crippen LogP contribution in [0.25, 0.3) is 11.1 Å². The minimum absolute atomic E-state index is 0.226. The fraction of sp³-hybridized carbons (Fsp3) is 0.0833. The zero-order valence-electron chi connectivity index (χ0n) is 8.85. The number of hydrogen-bond donors (Lipinski definition) is 1. The van der Waals surface area contributed by atoms with Gasteiger partial charge in [-0.2, -0.15) is 0 Å². The maximum Gasteiger partial charge on any atom is 0.255 e. The predicted molar refractivity (Wildman–Crippen MR) is 72.3 cm³/mol. The number of benzene rings is 1. The second kappa shape index (κ2) is 4.73. The fourth-order valence-electron chi connectivity index (χ4n) is 1.54. The molecule has 0 unspecified atom stereocenters. The zero-order valence-corrected chi connectivity index (χ0v) is 11.1. The van der Waals surface area contributed by atoms with E-state index in [0.29, 0.717) is 26.2 Å². The summed E-state index contributed by atoms with van der Waals surface area (Å²) in [5.74, 6) is 0. The Balaban J connectivity index is 2.76. The van der Waals surface area contributed by atoms with Crippen molar-refractivity contribution in [3.05, 3.63) is 55.4 Å². The summed E-state index contributed by atoms with van der Waals surface area (Å²) in [6, 6.07) is 4.91. The van der Waals surface area contributed by atoms with Gasteiger partial charge in [0.25, 0.3) is 5.56 Å². The quantitative estimate of drug-likeness (QED) is 0.779. The summed E-state index contributed by atoms with van der Waals surface area (Å²) < 4.78 is 0. The third kappa shape index (κ3) is 2.49. The maximum atomic E-state index is 11.7. The van der Waals surface area contributed by atoms with E-state index in [1.165, 1.54) is 0 Å². The lowest BCUT2D eigenvalue weighted by Crippen LogP contribution is -2.08.